The number of aromatic carboxylic acids is 1. The van der Waals surface area contributed by atoms with Crippen molar-refractivity contribution in [1.29, 1.82) is 0 Å². The zero-order valence-corrected chi connectivity index (χ0v) is 8.03. The minimum absolute atomic E-state index is 0.166. The van der Waals surface area contributed by atoms with Crippen molar-refractivity contribution in [3.05, 3.63) is 23.3 Å². The quantitative estimate of drug-likeness (QED) is 0.745. The molecule has 0 saturated heterocycles. The number of carboxylic acids is 1. The van der Waals surface area contributed by atoms with Crippen LogP contribution < -0.4 is 15.2 Å². The first-order valence-corrected chi connectivity index (χ1v) is 4.58. The van der Waals surface area contributed by atoms with Gasteiger partial charge in [-0.1, -0.05) is 0 Å². The van der Waals surface area contributed by atoms with E-state index in [1.807, 2.05) is 0 Å². The standard InChI is InChI=1S/C10H11NO4/c11-5-7-3-6(10(12)13)4-8-9(7)15-2-1-14-8/h3-4H,1-2,5,11H2,(H,12,13). The van der Waals surface area contributed by atoms with Crippen LogP contribution in [-0.2, 0) is 6.54 Å². The fourth-order valence-electron chi connectivity index (χ4n) is 1.50. The zero-order valence-electron chi connectivity index (χ0n) is 8.03. The highest BCUT2D eigenvalue weighted by Crippen LogP contribution is 2.34. The zero-order chi connectivity index (χ0) is 10.8. The van der Waals surface area contributed by atoms with Gasteiger partial charge in [-0.2, -0.15) is 0 Å². The normalized spacial score (nSPS) is 13.7. The largest absolute Gasteiger partial charge is 0.486 e. The smallest absolute Gasteiger partial charge is 0.335 e. The molecule has 2 rings (SSSR count). The first-order valence-electron chi connectivity index (χ1n) is 4.58. The van der Waals surface area contributed by atoms with Crippen LogP contribution in [0.4, 0.5) is 0 Å². The van der Waals surface area contributed by atoms with Crippen molar-refractivity contribution in [2.75, 3.05) is 13.2 Å². The Morgan fingerprint density at radius 2 is 2.13 bits per heavy atom. The lowest BCUT2D eigenvalue weighted by molar-refractivity contribution is 0.0695. The molecular weight excluding hydrogens is 198 g/mol. The van der Waals surface area contributed by atoms with Crippen molar-refractivity contribution < 1.29 is 19.4 Å². The third-order valence-corrected chi connectivity index (χ3v) is 2.19. The van der Waals surface area contributed by atoms with Crippen LogP contribution in [0.5, 0.6) is 11.5 Å². The Balaban J connectivity index is 2.52. The number of ether oxygens (including phenoxy) is 2. The lowest BCUT2D eigenvalue weighted by Gasteiger charge is -2.21. The Morgan fingerprint density at radius 1 is 1.40 bits per heavy atom. The summed E-state index contributed by atoms with van der Waals surface area (Å²) in [5, 5.41) is 8.87. The molecular formula is C10H11NO4. The number of nitrogens with two attached hydrogens (primary N) is 1. The summed E-state index contributed by atoms with van der Waals surface area (Å²) in [4.78, 5) is 10.8. The predicted molar refractivity (Wildman–Crippen MR) is 52.3 cm³/mol. The molecule has 0 atom stereocenters. The van der Waals surface area contributed by atoms with E-state index in [2.05, 4.69) is 0 Å². The van der Waals surface area contributed by atoms with E-state index in [0.717, 1.165) is 0 Å². The highest BCUT2D eigenvalue weighted by Gasteiger charge is 2.18. The van der Waals surface area contributed by atoms with Gasteiger partial charge in [-0.3, -0.25) is 0 Å². The second-order valence-corrected chi connectivity index (χ2v) is 3.17. The molecule has 0 spiro atoms. The first-order chi connectivity index (χ1) is 7.22. The molecule has 0 aliphatic carbocycles. The van der Waals surface area contributed by atoms with Crippen LogP contribution in [0.2, 0.25) is 0 Å². The van der Waals surface area contributed by atoms with E-state index in [9.17, 15) is 4.79 Å². The van der Waals surface area contributed by atoms with Crippen LogP contribution in [0.15, 0.2) is 12.1 Å². The number of hydrogen-bond donors (Lipinski definition) is 2. The van der Waals surface area contributed by atoms with Gasteiger partial charge in [-0.05, 0) is 12.1 Å². The molecule has 0 unspecified atom stereocenters. The van der Waals surface area contributed by atoms with Crippen LogP contribution >= 0.6 is 0 Å². The molecule has 0 bridgehead atoms. The van der Waals surface area contributed by atoms with Crippen LogP contribution in [0.3, 0.4) is 0 Å². The van der Waals surface area contributed by atoms with Crippen LogP contribution in [0, 0.1) is 0 Å². The molecule has 0 aromatic heterocycles. The van der Waals surface area contributed by atoms with Gasteiger partial charge in [0.25, 0.3) is 0 Å². The SMILES string of the molecule is NCc1cc(C(=O)O)cc2c1OCCO2. The average molecular weight is 209 g/mol. The highest BCUT2D eigenvalue weighted by atomic mass is 16.6. The van der Waals surface area contributed by atoms with Gasteiger partial charge in [0.2, 0.25) is 0 Å². The second-order valence-electron chi connectivity index (χ2n) is 3.17. The minimum atomic E-state index is -0.998. The van der Waals surface area contributed by atoms with Gasteiger partial charge in [0.15, 0.2) is 11.5 Å². The fraction of sp³-hybridized carbons (Fsp3) is 0.300. The molecule has 1 aliphatic heterocycles. The summed E-state index contributed by atoms with van der Waals surface area (Å²) < 4.78 is 10.7. The van der Waals surface area contributed by atoms with Crippen LogP contribution in [0.1, 0.15) is 15.9 Å². The van der Waals surface area contributed by atoms with Gasteiger partial charge in [0.1, 0.15) is 13.2 Å². The Bertz CT molecular complexity index is 385. The molecule has 0 amide bonds. The number of carbonyl (C=O) groups is 1. The molecule has 15 heavy (non-hydrogen) atoms. The molecule has 0 saturated carbocycles. The van der Waals surface area contributed by atoms with Crippen molar-refractivity contribution in [2.24, 2.45) is 5.73 Å². The Hall–Kier alpha value is -1.75. The number of hydrogen-bond acceptors (Lipinski definition) is 4. The third kappa shape index (κ3) is 1.73. The van der Waals surface area contributed by atoms with E-state index >= 15 is 0 Å². The number of benzene rings is 1. The van der Waals surface area contributed by atoms with Crippen molar-refractivity contribution in [1.82, 2.24) is 0 Å². The molecule has 1 aromatic carbocycles. The summed E-state index contributed by atoms with van der Waals surface area (Å²) in [5.41, 5.74) is 6.34. The molecule has 0 radical (unpaired) electrons. The second kappa shape index (κ2) is 3.78. The third-order valence-electron chi connectivity index (χ3n) is 2.19. The van der Waals surface area contributed by atoms with Gasteiger partial charge in [-0.15, -0.1) is 0 Å². The molecule has 1 aliphatic rings. The van der Waals surface area contributed by atoms with Crippen molar-refractivity contribution in [3.63, 3.8) is 0 Å². The summed E-state index contributed by atoms with van der Waals surface area (Å²) in [6, 6.07) is 2.96. The average Bonchev–Trinajstić information content (AvgIpc) is 2.27. The van der Waals surface area contributed by atoms with E-state index in [0.29, 0.717) is 30.3 Å². The van der Waals surface area contributed by atoms with Crippen LogP contribution in [0.25, 0.3) is 0 Å². The van der Waals surface area contributed by atoms with Gasteiger partial charge >= 0.3 is 5.97 Å². The van der Waals surface area contributed by atoms with Crippen molar-refractivity contribution in [2.45, 2.75) is 6.54 Å². The summed E-state index contributed by atoms with van der Waals surface area (Å²) >= 11 is 0. The molecule has 1 heterocycles. The Labute approximate surface area is 86.4 Å². The number of carboxylic acid groups (broad SMARTS) is 1. The molecule has 80 valence electrons. The minimum Gasteiger partial charge on any atom is -0.486 e. The Kier molecular flexibility index (Phi) is 2.47. The topological polar surface area (TPSA) is 81.8 Å². The van der Waals surface area contributed by atoms with E-state index in [1.54, 1.807) is 0 Å². The predicted octanol–water partition coefficient (Wildman–Crippen LogP) is 0.615. The lowest BCUT2D eigenvalue weighted by atomic mass is 10.1. The molecule has 3 N–H and O–H groups in total. The van der Waals surface area contributed by atoms with Crippen molar-refractivity contribution in [3.8, 4) is 11.5 Å². The molecule has 5 nitrogen and oxygen atoms in total. The fourth-order valence-corrected chi connectivity index (χ4v) is 1.50. The van der Waals surface area contributed by atoms with Gasteiger partial charge in [0.05, 0.1) is 5.56 Å². The first kappa shape index (κ1) is 9.79. The maximum atomic E-state index is 10.8. The monoisotopic (exact) mass is 209 g/mol. The number of fused-ring (bicyclic) bond motifs is 1. The summed E-state index contributed by atoms with van der Waals surface area (Å²) in [7, 11) is 0. The molecule has 5 heteroatoms. The summed E-state index contributed by atoms with van der Waals surface area (Å²) in [6.07, 6.45) is 0. The molecule has 1 aromatic rings. The van der Waals surface area contributed by atoms with Gasteiger partial charge in [0, 0.05) is 12.1 Å². The van der Waals surface area contributed by atoms with E-state index in [-0.39, 0.29) is 12.1 Å². The summed E-state index contributed by atoms with van der Waals surface area (Å²) in [6.45, 7) is 1.12. The maximum Gasteiger partial charge on any atom is 0.335 e. The van der Waals surface area contributed by atoms with Crippen molar-refractivity contribution >= 4 is 5.97 Å². The lowest BCUT2D eigenvalue weighted by Crippen LogP contribution is -2.18. The van der Waals surface area contributed by atoms with E-state index in [1.165, 1.54) is 12.1 Å². The van der Waals surface area contributed by atoms with E-state index in [4.69, 9.17) is 20.3 Å². The van der Waals surface area contributed by atoms with Gasteiger partial charge < -0.3 is 20.3 Å². The van der Waals surface area contributed by atoms with E-state index < -0.39 is 5.97 Å². The number of rotatable bonds is 2. The maximum absolute atomic E-state index is 10.8. The van der Waals surface area contributed by atoms with Gasteiger partial charge in [-0.25, -0.2) is 4.79 Å². The Morgan fingerprint density at radius 3 is 2.80 bits per heavy atom. The van der Waals surface area contributed by atoms with Crippen LogP contribution in [-0.4, -0.2) is 24.3 Å². The summed E-state index contributed by atoms with van der Waals surface area (Å²) in [5.74, 6) is 0.0250. The highest BCUT2D eigenvalue weighted by molar-refractivity contribution is 5.89. The molecule has 0 fully saturated rings.